The van der Waals surface area contributed by atoms with Gasteiger partial charge in [-0.15, -0.1) is 0 Å². The molecule has 0 aromatic heterocycles. The van der Waals surface area contributed by atoms with E-state index in [0.717, 1.165) is 19.3 Å². The molecule has 114 valence electrons. The Balaban J connectivity index is 3.18. The summed E-state index contributed by atoms with van der Waals surface area (Å²) in [6.45, 7) is 2.23. The number of thiol groups is 1. The first-order chi connectivity index (χ1) is 9.20. The lowest BCUT2D eigenvalue weighted by molar-refractivity contribution is -0.234. The average molecular weight is 290 g/mol. The largest absolute Gasteiger partial charge is 0.342 e. The van der Waals surface area contributed by atoms with Crippen molar-refractivity contribution in [3.8, 4) is 0 Å². The molecule has 0 aromatic carbocycles. The first-order valence-electron chi connectivity index (χ1n) is 7.73. The summed E-state index contributed by atoms with van der Waals surface area (Å²) >= 11 is 4.63. The van der Waals surface area contributed by atoms with Crippen molar-refractivity contribution in [2.24, 2.45) is 0 Å². The Hall–Kier alpha value is -0.220. The van der Waals surface area contributed by atoms with Crippen LogP contribution in [0, 0.1) is 0 Å². The molecule has 0 heterocycles. The van der Waals surface area contributed by atoms with Crippen LogP contribution >= 0.6 is 12.6 Å². The van der Waals surface area contributed by atoms with Crippen LogP contribution in [0.25, 0.3) is 0 Å². The molecule has 0 spiro atoms. The fourth-order valence-corrected chi connectivity index (χ4v) is 2.54. The highest BCUT2D eigenvalue weighted by molar-refractivity contribution is 7.80. The molecule has 1 atom stereocenters. The molecule has 0 fully saturated rings. The molecule has 3 nitrogen and oxygen atoms in total. The molecule has 0 aromatic rings. The van der Waals surface area contributed by atoms with Gasteiger partial charge in [0.05, 0.1) is 0 Å². The van der Waals surface area contributed by atoms with E-state index in [1.165, 1.54) is 51.4 Å². The zero-order valence-electron chi connectivity index (χ0n) is 12.3. The normalized spacial score (nSPS) is 12.4. The van der Waals surface area contributed by atoms with Gasteiger partial charge in [0.1, 0.15) is 0 Å². The lowest BCUT2D eigenvalue weighted by atomic mass is 10.0. The summed E-state index contributed by atoms with van der Waals surface area (Å²) in [6, 6.07) is 0. The lowest BCUT2D eigenvalue weighted by Gasteiger charge is -2.10. The van der Waals surface area contributed by atoms with E-state index in [0.29, 0.717) is 11.7 Å². The number of hydrogen-bond donors (Lipinski definition) is 2. The maximum atomic E-state index is 10.7. The molecule has 4 heteroatoms. The van der Waals surface area contributed by atoms with Gasteiger partial charge in [-0.2, -0.15) is 17.9 Å². The van der Waals surface area contributed by atoms with Gasteiger partial charge in [0.15, 0.2) is 0 Å². The molecule has 0 aliphatic rings. The van der Waals surface area contributed by atoms with Crippen LogP contribution in [-0.2, 0) is 9.68 Å². The van der Waals surface area contributed by atoms with Crippen molar-refractivity contribution in [3.63, 3.8) is 0 Å². The van der Waals surface area contributed by atoms with Crippen molar-refractivity contribution in [2.75, 3.05) is 0 Å². The van der Waals surface area contributed by atoms with E-state index in [-0.39, 0.29) is 0 Å². The Labute approximate surface area is 123 Å². The molecule has 0 radical (unpaired) electrons. The summed E-state index contributed by atoms with van der Waals surface area (Å²) in [7, 11) is 0. The van der Waals surface area contributed by atoms with Gasteiger partial charge in [-0.1, -0.05) is 58.3 Å². The summed E-state index contributed by atoms with van der Waals surface area (Å²) in [5.74, 6) is -0.525. The molecule has 0 saturated carbocycles. The number of unbranched alkanes of at least 4 members (excludes halogenated alkanes) is 7. The predicted molar refractivity (Wildman–Crippen MR) is 82.6 cm³/mol. The molecule has 1 unspecified atom stereocenters. The number of hydrogen-bond acceptors (Lipinski definition) is 4. The summed E-state index contributed by atoms with van der Waals surface area (Å²) in [4.78, 5) is 14.3. The van der Waals surface area contributed by atoms with Crippen LogP contribution in [0.1, 0.15) is 84.0 Å². The van der Waals surface area contributed by atoms with Crippen LogP contribution in [-0.4, -0.2) is 16.5 Å². The first-order valence-corrected chi connectivity index (χ1v) is 8.24. The highest BCUT2D eigenvalue weighted by Crippen LogP contribution is 2.17. The quantitative estimate of drug-likeness (QED) is 0.217. The third kappa shape index (κ3) is 14.0. The Bertz CT molecular complexity index is 210. The van der Waals surface area contributed by atoms with Crippen LogP contribution in [0.2, 0.25) is 0 Å². The van der Waals surface area contributed by atoms with Crippen molar-refractivity contribution in [1.82, 2.24) is 0 Å². The van der Waals surface area contributed by atoms with Crippen LogP contribution in [0.5, 0.6) is 0 Å². The molecule has 0 saturated heterocycles. The lowest BCUT2D eigenvalue weighted by Crippen LogP contribution is -2.00. The second-order valence-corrected chi connectivity index (χ2v) is 6.00. The number of rotatable bonds is 13. The minimum absolute atomic E-state index is 0.323. The Morgan fingerprint density at radius 1 is 1.00 bits per heavy atom. The van der Waals surface area contributed by atoms with Crippen molar-refractivity contribution in [3.05, 3.63) is 0 Å². The van der Waals surface area contributed by atoms with E-state index in [2.05, 4.69) is 24.4 Å². The molecule has 0 aliphatic heterocycles. The SMILES string of the molecule is CCCCCCC(S)CCCCCCCC(=O)OO. The number of carbonyl (C=O) groups is 1. The summed E-state index contributed by atoms with van der Waals surface area (Å²) in [5, 5.41) is 8.64. The van der Waals surface area contributed by atoms with Gasteiger partial charge in [0.25, 0.3) is 0 Å². The Morgan fingerprint density at radius 2 is 1.53 bits per heavy atom. The third-order valence-corrected chi connectivity index (χ3v) is 3.93. The Kier molecular flexibility index (Phi) is 14.0. The van der Waals surface area contributed by atoms with Crippen molar-refractivity contribution < 1.29 is 14.9 Å². The minimum atomic E-state index is -0.525. The molecule has 1 N–H and O–H groups in total. The van der Waals surface area contributed by atoms with E-state index in [1.54, 1.807) is 0 Å². The maximum absolute atomic E-state index is 10.7. The fourth-order valence-electron chi connectivity index (χ4n) is 2.18. The van der Waals surface area contributed by atoms with Gasteiger partial charge in [-0.25, -0.2) is 4.79 Å². The van der Waals surface area contributed by atoms with E-state index in [9.17, 15) is 4.79 Å². The molecule has 0 bridgehead atoms. The van der Waals surface area contributed by atoms with E-state index in [4.69, 9.17) is 5.26 Å². The van der Waals surface area contributed by atoms with Gasteiger partial charge in [0, 0.05) is 11.7 Å². The molecular weight excluding hydrogens is 260 g/mol. The van der Waals surface area contributed by atoms with Gasteiger partial charge in [-0.3, -0.25) is 0 Å². The monoisotopic (exact) mass is 290 g/mol. The van der Waals surface area contributed by atoms with E-state index >= 15 is 0 Å². The van der Waals surface area contributed by atoms with Gasteiger partial charge in [0.2, 0.25) is 0 Å². The van der Waals surface area contributed by atoms with E-state index in [1.807, 2.05) is 0 Å². The topological polar surface area (TPSA) is 46.5 Å². The summed E-state index contributed by atoms with van der Waals surface area (Å²) in [6.07, 6.45) is 13.5. The van der Waals surface area contributed by atoms with Gasteiger partial charge in [-0.05, 0) is 19.3 Å². The standard InChI is InChI=1S/C15H30O3S/c1-2-3-4-8-11-14(19)12-9-6-5-7-10-13-15(16)18-17/h14,17,19H,2-13H2,1H3. The third-order valence-electron chi connectivity index (χ3n) is 3.41. The highest BCUT2D eigenvalue weighted by Gasteiger charge is 2.03. The summed E-state index contributed by atoms with van der Waals surface area (Å²) in [5.41, 5.74) is 0. The zero-order chi connectivity index (χ0) is 14.3. The second kappa shape index (κ2) is 14.2. The second-order valence-electron chi connectivity index (χ2n) is 5.27. The molecule has 0 rings (SSSR count). The van der Waals surface area contributed by atoms with Gasteiger partial charge < -0.3 is 4.89 Å². The van der Waals surface area contributed by atoms with Crippen LogP contribution in [0.4, 0.5) is 0 Å². The van der Waals surface area contributed by atoms with Crippen molar-refractivity contribution in [2.45, 2.75) is 89.2 Å². The highest BCUT2D eigenvalue weighted by atomic mass is 32.1. The van der Waals surface area contributed by atoms with Crippen molar-refractivity contribution >= 4 is 18.6 Å². The van der Waals surface area contributed by atoms with Crippen LogP contribution in [0.15, 0.2) is 0 Å². The molecule has 0 amide bonds. The summed E-state index contributed by atoms with van der Waals surface area (Å²) < 4.78 is 0. The van der Waals surface area contributed by atoms with Crippen molar-refractivity contribution in [1.29, 1.82) is 0 Å². The molecular formula is C15H30O3S. The minimum Gasteiger partial charge on any atom is -0.301 e. The number of carbonyl (C=O) groups excluding carboxylic acids is 1. The van der Waals surface area contributed by atoms with Crippen LogP contribution in [0.3, 0.4) is 0 Å². The zero-order valence-corrected chi connectivity index (χ0v) is 13.2. The maximum Gasteiger partial charge on any atom is 0.342 e. The molecule has 0 aliphatic carbocycles. The Morgan fingerprint density at radius 3 is 2.11 bits per heavy atom. The fraction of sp³-hybridized carbons (Fsp3) is 0.933. The average Bonchev–Trinajstić information content (AvgIpc) is 2.42. The molecule has 19 heavy (non-hydrogen) atoms. The predicted octanol–water partition coefficient (Wildman–Crippen LogP) is 5.00. The first kappa shape index (κ1) is 18.8. The van der Waals surface area contributed by atoms with Crippen LogP contribution < -0.4 is 0 Å². The smallest absolute Gasteiger partial charge is 0.301 e. The van der Waals surface area contributed by atoms with E-state index < -0.39 is 5.97 Å². The van der Waals surface area contributed by atoms with Gasteiger partial charge >= 0.3 is 5.97 Å².